The predicted octanol–water partition coefficient (Wildman–Crippen LogP) is 1.69. The van der Waals surface area contributed by atoms with Crippen molar-refractivity contribution in [2.75, 3.05) is 13.1 Å². The van der Waals surface area contributed by atoms with E-state index in [1.54, 1.807) is 6.92 Å². The number of nitrogens with zero attached hydrogens (tertiary/aromatic N) is 3. The summed E-state index contributed by atoms with van der Waals surface area (Å²) in [6.07, 6.45) is 4.85. The summed E-state index contributed by atoms with van der Waals surface area (Å²) in [6.45, 7) is 5.49. The first-order chi connectivity index (χ1) is 9.58. The summed E-state index contributed by atoms with van der Waals surface area (Å²) < 4.78 is 0. The second kappa shape index (κ2) is 4.81. The number of carbonyl (C=O) groups is 2. The number of carbonyl (C=O) groups excluding carboxylic acids is 2. The van der Waals surface area contributed by atoms with Gasteiger partial charge >= 0.3 is 0 Å². The van der Waals surface area contributed by atoms with E-state index in [0.29, 0.717) is 11.4 Å². The van der Waals surface area contributed by atoms with Gasteiger partial charge in [0.2, 0.25) is 5.78 Å². The lowest BCUT2D eigenvalue weighted by molar-refractivity contribution is -0.111. The number of fused-ring (bicyclic) bond motifs is 1. The van der Waals surface area contributed by atoms with Crippen molar-refractivity contribution in [2.24, 2.45) is 0 Å². The van der Waals surface area contributed by atoms with Crippen LogP contribution in [0.5, 0.6) is 0 Å². The van der Waals surface area contributed by atoms with Gasteiger partial charge in [-0.2, -0.15) is 0 Å². The molecule has 0 saturated carbocycles. The van der Waals surface area contributed by atoms with Crippen LogP contribution in [-0.2, 0) is 4.79 Å². The average Bonchev–Trinajstić information content (AvgIpc) is 2.46. The molecule has 0 spiro atoms. The van der Waals surface area contributed by atoms with Gasteiger partial charge in [-0.05, 0) is 33.1 Å². The van der Waals surface area contributed by atoms with E-state index in [-0.39, 0.29) is 5.69 Å². The van der Waals surface area contributed by atoms with Gasteiger partial charge in [-0.15, -0.1) is 0 Å². The third-order valence-corrected chi connectivity index (χ3v) is 3.95. The van der Waals surface area contributed by atoms with Crippen LogP contribution in [0.4, 0.5) is 0 Å². The first kappa shape index (κ1) is 13.0. The number of piperidine rings is 1. The Kier molecular flexibility index (Phi) is 3.12. The predicted molar refractivity (Wildman–Crippen MR) is 74.2 cm³/mol. The van der Waals surface area contributed by atoms with Crippen LogP contribution in [-0.4, -0.2) is 39.5 Å². The monoisotopic (exact) mass is 271 g/mol. The van der Waals surface area contributed by atoms with E-state index >= 15 is 0 Å². The Balaban J connectivity index is 2.12. The Morgan fingerprint density at radius 3 is 2.20 bits per heavy atom. The molecule has 1 saturated heterocycles. The van der Waals surface area contributed by atoms with Gasteiger partial charge in [0.05, 0.1) is 17.1 Å². The Labute approximate surface area is 117 Å². The minimum atomic E-state index is -0.545. The molecular weight excluding hydrogens is 254 g/mol. The Hall–Kier alpha value is -2.04. The molecule has 0 N–H and O–H groups in total. The summed E-state index contributed by atoms with van der Waals surface area (Å²) in [5.74, 6) is -1.04. The molecule has 0 unspecified atom stereocenters. The molecular formula is C15H17N3O2. The minimum Gasteiger partial charge on any atom is -0.370 e. The number of Topliss-reactive ketones (excluding diaryl/α,β-unsaturated/α-hetero) is 1. The molecule has 1 aromatic heterocycles. The molecule has 1 aromatic rings. The van der Waals surface area contributed by atoms with Gasteiger partial charge in [-0.1, -0.05) is 0 Å². The number of aromatic nitrogens is 2. The Morgan fingerprint density at radius 1 is 0.950 bits per heavy atom. The standard InChI is InChI=1S/C15H17N3O2/c1-9-10(2)17-14-13(16-9)11(8-12(19)15(14)20)18-6-4-3-5-7-18/h8H,3-7H2,1-2H3. The molecule has 104 valence electrons. The van der Waals surface area contributed by atoms with E-state index < -0.39 is 11.6 Å². The van der Waals surface area contributed by atoms with Crippen LogP contribution in [0.25, 0.3) is 5.70 Å². The maximum atomic E-state index is 12.0. The minimum absolute atomic E-state index is 0.209. The fourth-order valence-electron chi connectivity index (χ4n) is 2.69. The highest BCUT2D eigenvalue weighted by atomic mass is 16.2. The highest BCUT2D eigenvalue weighted by Crippen LogP contribution is 2.28. The van der Waals surface area contributed by atoms with Gasteiger partial charge < -0.3 is 4.90 Å². The van der Waals surface area contributed by atoms with Gasteiger partial charge in [-0.25, -0.2) is 9.97 Å². The van der Waals surface area contributed by atoms with Crippen molar-refractivity contribution in [3.63, 3.8) is 0 Å². The fraction of sp³-hybridized carbons (Fsp3) is 0.467. The smallest absolute Gasteiger partial charge is 0.253 e. The number of hydrogen-bond acceptors (Lipinski definition) is 5. The third kappa shape index (κ3) is 2.03. The van der Waals surface area contributed by atoms with Crippen LogP contribution in [0, 0.1) is 13.8 Å². The van der Waals surface area contributed by atoms with Crippen molar-refractivity contribution in [3.8, 4) is 0 Å². The molecule has 1 aliphatic heterocycles. The van der Waals surface area contributed by atoms with Crippen LogP contribution in [0.3, 0.4) is 0 Å². The van der Waals surface area contributed by atoms with E-state index in [1.807, 2.05) is 6.92 Å². The largest absolute Gasteiger partial charge is 0.370 e. The highest BCUT2D eigenvalue weighted by Gasteiger charge is 2.32. The van der Waals surface area contributed by atoms with Gasteiger partial charge in [0.15, 0.2) is 0 Å². The first-order valence-electron chi connectivity index (χ1n) is 6.99. The molecule has 20 heavy (non-hydrogen) atoms. The van der Waals surface area contributed by atoms with E-state index in [2.05, 4.69) is 14.9 Å². The van der Waals surface area contributed by atoms with Crippen LogP contribution in [0.2, 0.25) is 0 Å². The molecule has 2 heterocycles. The molecule has 0 radical (unpaired) electrons. The Bertz CT molecular complexity index is 628. The van der Waals surface area contributed by atoms with Gasteiger partial charge in [-0.3, -0.25) is 9.59 Å². The molecule has 3 rings (SSSR count). The molecule has 0 amide bonds. The van der Waals surface area contributed by atoms with E-state index in [1.165, 1.54) is 12.5 Å². The highest BCUT2D eigenvalue weighted by molar-refractivity contribution is 6.49. The second-order valence-electron chi connectivity index (χ2n) is 5.36. The first-order valence-corrected chi connectivity index (χ1v) is 6.99. The van der Waals surface area contributed by atoms with Crippen LogP contribution in [0.15, 0.2) is 6.08 Å². The molecule has 5 heteroatoms. The van der Waals surface area contributed by atoms with Crippen molar-refractivity contribution in [2.45, 2.75) is 33.1 Å². The Morgan fingerprint density at radius 2 is 1.55 bits per heavy atom. The zero-order valence-corrected chi connectivity index (χ0v) is 11.8. The van der Waals surface area contributed by atoms with E-state index in [9.17, 15) is 9.59 Å². The number of aryl methyl sites for hydroxylation is 2. The number of ketones is 2. The second-order valence-corrected chi connectivity index (χ2v) is 5.36. The van der Waals surface area contributed by atoms with Crippen molar-refractivity contribution < 1.29 is 9.59 Å². The van der Waals surface area contributed by atoms with Crippen LogP contribution < -0.4 is 0 Å². The van der Waals surface area contributed by atoms with Crippen molar-refractivity contribution >= 4 is 17.3 Å². The maximum absolute atomic E-state index is 12.0. The van der Waals surface area contributed by atoms with Crippen LogP contribution in [0.1, 0.15) is 46.8 Å². The van der Waals surface area contributed by atoms with Gasteiger partial charge in [0.25, 0.3) is 5.78 Å². The molecule has 0 atom stereocenters. The summed E-state index contributed by atoms with van der Waals surface area (Å²) in [7, 11) is 0. The van der Waals surface area contributed by atoms with E-state index in [0.717, 1.165) is 37.3 Å². The lowest BCUT2D eigenvalue weighted by Crippen LogP contribution is -2.33. The summed E-state index contributed by atoms with van der Waals surface area (Å²) in [5.41, 5.74) is 3.04. The lowest BCUT2D eigenvalue weighted by atomic mass is 9.98. The SMILES string of the molecule is Cc1nc2c(nc1C)C(N1CCCCC1)=CC(=O)C2=O. The molecule has 1 aliphatic carbocycles. The van der Waals surface area contributed by atoms with Crippen LogP contribution >= 0.6 is 0 Å². The maximum Gasteiger partial charge on any atom is 0.253 e. The number of rotatable bonds is 1. The van der Waals surface area contributed by atoms with Crippen molar-refractivity contribution in [1.82, 2.24) is 14.9 Å². The van der Waals surface area contributed by atoms with E-state index in [4.69, 9.17) is 0 Å². The number of likely N-dealkylation sites (tertiary alicyclic amines) is 1. The molecule has 1 fully saturated rings. The fourth-order valence-corrected chi connectivity index (χ4v) is 2.69. The van der Waals surface area contributed by atoms with Crippen molar-refractivity contribution in [1.29, 1.82) is 0 Å². The molecule has 2 aliphatic rings. The third-order valence-electron chi connectivity index (χ3n) is 3.95. The molecule has 5 nitrogen and oxygen atoms in total. The summed E-state index contributed by atoms with van der Waals surface area (Å²) in [6, 6.07) is 0. The lowest BCUT2D eigenvalue weighted by Gasteiger charge is -2.32. The molecule has 0 bridgehead atoms. The summed E-state index contributed by atoms with van der Waals surface area (Å²) in [4.78, 5) is 34.8. The molecule has 0 aromatic carbocycles. The van der Waals surface area contributed by atoms with Crippen molar-refractivity contribution in [3.05, 3.63) is 28.9 Å². The summed E-state index contributed by atoms with van der Waals surface area (Å²) >= 11 is 0. The number of allylic oxidation sites excluding steroid dienone is 1. The summed E-state index contributed by atoms with van der Waals surface area (Å²) in [5, 5.41) is 0. The van der Waals surface area contributed by atoms with Gasteiger partial charge in [0.1, 0.15) is 11.4 Å². The number of hydrogen-bond donors (Lipinski definition) is 0. The average molecular weight is 271 g/mol. The quantitative estimate of drug-likeness (QED) is 0.727. The zero-order valence-electron chi connectivity index (χ0n) is 11.8. The van der Waals surface area contributed by atoms with Gasteiger partial charge in [0, 0.05) is 19.2 Å². The topological polar surface area (TPSA) is 63.2 Å². The normalized spacial score (nSPS) is 18.9. The zero-order chi connectivity index (χ0) is 14.3.